The second-order valence-corrected chi connectivity index (χ2v) is 9.97. The van der Waals surface area contributed by atoms with Gasteiger partial charge in [-0.05, 0) is 111 Å². The quantitative estimate of drug-likeness (QED) is 0.218. The van der Waals surface area contributed by atoms with Gasteiger partial charge in [0.25, 0.3) is 0 Å². The molecule has 1 saturated heterocycles. The van der Waals surface area contributed by atoms with Gasteiger partial charge in [-0.15, -0.1) is 0 Å². The summed E-state index contributed by atoms with van der Waals surface area (Å²) in [5.41, 5.74) is 4.70. The topological polar surface area (TPSA) is 116 Å². The molecule has 2 heterocycles. The van der Waals surface area contributed by atoms with E-state index in [9.17, 15) is 5.11 Å². The first-order chi connectivity index (χ1) is 18.7. The molecule has 4 rings (SSSR count). The molecule has 0 aliphatic carbocycles. The van der Waals surface area contributed by atoms with Crippen molar-refractivity contribution in [2.45, 2.75) is 40.5 Å². The number of rotatable bonds is 5. The lowest BCUT2D eigenvalue weighted by molar-refractivity contribution is -0.0987. The van der Waals surface area contributed by atoms with Gasteiger partial charge in [-0.3, -0.25) is 0 Å². The van der Waals surface area contributed by atoms with Crippen molar-refractivity contribution in [2.75, 3.05) is 20.1 Å². The van der Waals surface area contributed by atoms with Crippen LogP contribution in [0.4, 0.5) is 0 Å². The van der Waals surface area contributed by atoms with Crippen LogP contribution in [0, 0.1) is 19.8 Å². The molecule has 0 atom stereocenters. The second kappa shape index (κ2) is 18.6. The van der Waals surface area contributed by atoms with Gasteiger partial charge < -0.3 is 29.8 Å². The van der Waals surface area contributed by atoms with Gasteiger partial charge in [-0.1, -0.05) is 38.3 Å². The van der Waals surface area contributed by atoms with E-state index >= 15 is 0 Å². The average Bonchev–Trinajstić information content (AvgIpc) is 3.28. The number of benzene rings is 2. The summed E-state index contributed by atoms with van der Waals surface area (Å²) in [5, 5.41) is 32.3. The molecule has 9 heteroatoms. The molecule has 0 unspecified atom stereocenters. The highest BCUT2D eigenvalue weighted by molar-refractivity contribution is 9.10. The van der Waals surface area contributed by atoms with E-state index in [1.807, 2.05) is 49.6 Å². The lowest BCUT2D eigenvalue weighted by Crippen LogP contribution is -2.30. The van der Waals surface area contributed by atoms with E-state index in [2.05, 4.69) is 52.6 Å². The number of phenols is 3. The van der Waals surface area contributed by atoms with Gasteiger partial charge in [0.05, 0.1) is 16.4 Å². The van der Waals surface area contributed by atoms with Crippen LogP contribution in [0.3, 0.4) is 0 Å². The Morgan fingerprint density at radius 2 is 1.60 bits per heavy atom. The summed E-state index contributed by atoms with van der Waals surface area (Å²) < 4.78 is 2.99. The van der Waals surface area contributed by atoms with Crippen molar-refractivity contribution >= 4 is 40.8 Å². The molecule has 3 aromatic rings. The Bertz CT molecular complexity index is 1230. The zero-order valence-corrected chi connectivity index (χ0v) is 24.4. The minimum absolute atomic E-state index is 0. The van der Waals surface area contributed by atoms with Crippen LogP contribution in [0.15, 0.2) is 65.8 Å². The molecular formula is C31H42BrN3O5. The lowest BCUT2D eigenvalue weighted by Gasteiger charge is -2.29. The zero-order chi connectivity index (χ0) is 29.5. The summed E-state index contributed by atoms with van der Waals surface area (Å²) in [6, 6.07) is 12.0. The Hall–Kier alpha value is -3.69. The largest absolute Gasteiger partial charge is 0.507 e. The number of likely N-dealkylation sites (tertiary alicyclic amines) is 1. The van der Waals surface area contributed by atoms with Crippen molar-refractivity contribution in [3.63, 3.8) is 0 Å². The first-order valence-electron chi connectivity index (χ1n) is 12.3. The summed E-state index contributed by atoms with van der Waals surface area (Å²) in [6.07, 6.45) is 7.24. The van der Waals surface area contributed by atoms with Crippen molar-refractivity contribution < 1.29 is 24.9 Å². The van der Waals surface area contributed by atoms with Crippen LogP contribution in [0.25, 0.3) is 11.3 Å². The summed E-state index contributed by atoms with van der Waals surface area (Å²) in [5.74, 6) is 0.762. The van der Waals surface area contributed by atoms with Crippen LogP contribution in [0.2, 0.25) is 0 Å². The van der Waals surface area contributed by atoms with E-state index in [1.54, 1.807) is 12.1 Å². The van der Waals surface area contributed by atoms with Crippen molar-refractivity contribution in [2.24, 2.45) is 5.92 Å². The maximum absolute atomic E-state index is 10.1. The summed E-state index contributed by atoms with van der Waals surface area (Å²) in [4.78, 5) is 18.4. The van der Waals surface area contributed by atoms with Gasteiger partial charge in [0.2, 0.25) is 0 Å². The molecule has 1 aliphatic heterocycles. The Kier molecular flexibility index (Phi) is 16.9. The van der Waals surface area contributed by atoms with Crippen molar-refractivity contribution in [3.05, 3.63) is 82.6 Å². The minimum atomic E-state index is -0.0689. The average molecular weight is 617 g/mol. The SMILES string of the molecule is C.C=C(/C=C(/CC1CCN(C)CC1)n1ncc(Br)c1C)c1ccccc1O.C=O.C=O.Cc1ccc(O)c(O)c1. The van der Waals surface area contributed by atoms with Gasteiger partial charge in [-0.2, -0.15) is 5.10 Å². The molecule has 1 aliphatic rings. The fourth-order valence-corrected chi connectivity index (χ4v) is 4.36. The molecule has 2 aromatic carbocycles. The molecule has 3 N–H and O–H groups in total. The van der Waals surface area contributed by atoms with Gasteiger partial charge in [0.15, 0.2) is 11.5 Å². The van der Waals surface area contributed by atoms with E-state index in [0.29, 0.717) is 5.92 Å². The molecule has 8 nitrogen and oxygen atoms in total. The Balaban J connectivity index is 0.000000914. The van der Waals surface area contributed by atoms with E-state index < -0.39 is 0 Å². The smallest absolute Gasteiger partial charge is 0.157 e. The van der Waals surface area contributed by atoms with Crippen LogP contribution < -0.4 is 0 Å². The van der Waals surface area contributed by atoms with E-state index in [4.69, 9.17) is 19.8 Å². The minimum Gasteiger partial charge on any atom is -0.507 e. The molecule has 0 saturated carbocycles. The molecule has 40 heavy (non-hydrogen) atoms. The number of piperidine rings is 1. The fraction of sp³-hybridized carbons (Fsp3) is 0.323. The first-order valence-corrected chi connectivity index (χ1v) is 13.1. The lowest BCUT2D eigenvalue weighted by atomic mass is 9.91. The highest BCUT2D eigenvalue weighted by Gasteiger charge is 2.20. The van der Waals surface area contributed by atoms with Crippen LogP contribution in [-0.4, -0.2) is 63.7 Å². The zero-order valence-electron chi connectivity index (χ0n) is 22.8. The third-order valence-corrected chi connectivity index (χ3v) is 7.06. The third kappa shape index (κ3) is 10.8. The van der Waals surface area contributed by atoms with Crippen molar-refractivity contribution in [3.8, 4) is 17.2 Å². The highest BCUT2D eigenvalue weighted by Crippen LogP contribution is 2.32. The van der Waals surface area contributed by atoms with Gasteiger partial charge in [-0.25, -0.2) is 4.68 Å². The number of aromatic hydroxyl groups is 3. The number of aromatic nitrogens is 2. The maximum atomic E-state index is 10.1. The monoisotopic (exact) mass is 615 g/mol. The molecule has 1 aromatic heterocycles. The molecule has 218 valence electrons. The maximum Gasteiger partial charge on any atom is 0.157 e. The number of nitrogens with zero attached hydrogens (tertiary/aromatic N) is 3. The molecule has 0 spiro atoms. The number of aryl methyl sites for hydroxylation is 1. The number of halogens is 1. The number of allylic oxidation sites excluding steroid dienone is 3. The molecular weight excluding hydrogens is 574 g/mol. The van der Waals surface area contributed by atoms with Gasteiger partial charge >= 0.3 is 0 Å². The standard InChI is InChI=1S/C21H26BrN3O.C7H8O2.2CH2O.CH4/c1-15(19-6-4-5-7-21(19)26)12-18(25-16(2)20(22)14-23-25)13-17-8-10-24(3)11-9-17;1-5-2-3-6(8)7(9)4-5;2*1-2;/h4-7,12,14,17,26H,1,8-11,13H2,2-3H3;2-4,8-9H,1H3;2*1H2;1H4/b18-12-;;;;. The predicted molar refractivity (Wildman–Crippen MR) is 166 cm³/mol. The van der Waals surface area contributed by atoms with Gasteiger partial charge in [0.1, 0.15) is 19.3 Å². The molecule has 0 bridgehead atoms. The highest BCUT2D eigenvalue weighted by atomic mass is 79.9. The van der Waals surface area contributed by atoms with Gasteiger partial charge in [0, 0.05) is 11.3 Å². The summed E-state index contributed by atoms with van der Waals surface area (Å²) in [6.45, 7) is 14.4. The summed E-state index contributed by atoms with van der Waals surface area (Å²) >= 11 is 3.56. The fourth-order valence-electron chi connectivity index (χ4n) is 4.11. The molecule has 0 radical (unpaired) electrons. The predicted octanol–water partition coefficient (Wildman–Crippen LogP) is 6.62. The number of carbonyl (C=O) groups excluding carboxylic acids is 2. The molecule has 1 fully saturated rings. The van der Waals surface area contributed by atoms with Crippen LogP contribution in [0.5, 0.6) is 17.2 Å². The van der Waals surface area contributed by atoms with Crippen molar-refractivity contribution in [1.29, 1.82) is 0 Å². The Labute approximate surface area is 246 Å². The van der Waals surface area contributed by atoms with Crippen LogP contribution >= 0.6 is 15.9 Å². The number of hydrogen-bond acceptors (Lipinski definition) is 7. The van der Waals surface area contributed by atoms with Crippen molar-refractivity contribution in [1.82, 2.24) is 14.7 Å². The van der Waals surface area contributed by atoms with Crippen LogP contribution in [-0.2, 0) is 9.59 Å². The van der Waals surface area contributed by atoms with Crippen LogP contribution in [0.1, 0.15) is 43.5 Å². The Morgan fingerprint density at radius 1 is 1.00 bits per heavy atom. The number of phenolic OH excluding ortho intramolecular Hbond substituents is 3. The number of hydrogen-bond donors (Lipinski definition) is 3. The van der Waals surface area contributed by atoms with E-state index in [0.717, 1.165) is 52.1 Å². The first kappa shape index (κ1) is 36.3. The third-order valence-electron chi connectivity index (χ3n) is 6.28. The van der Waals surface area contributed by atoms with E-state index in [1.165, 1.54) is 25.0 Å². The van der Waals surface area contributed by atoms with E-state index in [-0.39, 0.29) is 24.7 Å². The molecule has 0 amide bonds. The number of para-hydroxylation sites is 1. The Morgan fingerprint density at radius 3 is 2.10 bits per heavy atom. The second-order valence-electron chi connectivity index (χ2n) is 9.11. The summed E-state index contributed by atoms with van der Waals surface area (Å²) in [7, 11) is 2.18. The normalized spacial score (nSPS) is 13.2. The number of carbonyl (C=O) groups is 2.